The summed E-state index contributed by atoms with van der Waals surface area (Å²) in [4.78, 5) is 0. The highest BCUT2D eigenvalue weighted by Gasteiger charge is 2.21. The lowest BCUT2D eigenvalue weighted by atomic mass is 9.81. The van der Waals surface area contributed by atoms with Crippen molar-refractivity contribution in [2.75, 3.05) is 6.54 Å². The molecule has 0 saturated heterocycles. The number of oxime groups is 1. The molecule has 1 aromatic rings. The maximum Gasteiger partial charge on any atom is 0.170 e. The normalized spacial score (nSPS) is 13.0. The number of benzene rings is 1. The monoisotopic (exact) mass is 281 g/mol. The number of nitrogens with zero attached hydrogens (tertiary/aromatic N) is 1. The second kappa shape index (κ2) is 6.70. The molecule has 1 aromatic carbocycles. The highest BCUT2D eigenvalue weighted by atomic mass is 19.1. The maximum absolute atomic E-state index is 13.5. The predicted molar refractivity (Wildman–Crippen MR) is 79.2 cm³/mol. The van der Waals surface area contributed by atoms with E-state index in [2.05, 4.69) is 38.2 Å². The summed E-state index contributed by atoms with van der Waals surface area (Å²) in [6.07, 6.45) is 0. The molecule has 20 heavy (non-hydrogen) atoms. The Labute approximate surface area is 119 Å². The molecule has 0 aliphatic carbocycles. The summed E-state index contributed by atoms with van der Waals surface area (Å²) in [7, 11) is 0. The number of halogens is 1. The first-order chi connectivity index (χ1) is 9.26. The molecule has 1 rings (SSSR count). The predicted octanol–water partition coefficient (Wildman–Crippen LogP) is 2.69. The minimum atomic E-state index is -0.394. The van der Waals surface area contributed by atoms with Gasteiger partial charge in [0.25, 0.3) is 0 Å². The van der Waals surface area contributed by atoms with E-state index in [1.54, 1.807) is 6.07 Å². The first kappa shape index (κ1) is 16.4. The van der Waals surface area contributed by atoms with Crippen LogP contribution in [0.2, 0.25) is 0 Å². The molecule has 0 bridgehead atoms. The summed E-state index contributed by atoms with van der Waals surface area (Å²) in [5, 5.41) is 14.9. The molecule has 4 N–H and O–H groups in total. The molecule has 0 fully saturated rings. The quantitative estimate of drug-likeness (QED) is 0.325. The van der Waals surface area contributed by atoms with E-state index in [4.69, 9.17) is 10.9 Å². The summed E-state index contributed by atoms with van der Waals surface area (Å²) in [5.74, 6) is 0.0671. The summed E-state index contributed by atoms with van der Waals surface area (Å²) in [5.41, 5.74) is 6.80. The molecule has 0 atom stereocenters. The van der Waals surface area contributed by atoms with Gasteiger partial charge in [0.1, 0.15) is 5.82 Å². The van der Waals surface area contributed by atoms with Crippen molar-refractivity contribution >= 4 is 5.84 Å². The minimum absolute atomic E-state index is 0.0896. The molecule has 0 aliphatic rings. The van der Waals surface area contributed by atoms with E-state index < -0.39 is 5.82 Å². The van der Waals surface area contributed by atoms with Crippen LogP contribution in [0.25, 0.3) is 0 Å². The minimum Gasteiger partial charge on any atom is -0.409 e. The Kier molecular flexibility index (Phi) is 5.51. The molecule has 0 amide bonds. The van der Waals surface area contributed by atoms with Crippen LogP contribution in [-0.4, -0.2) is 17.6 Å². The van der Waals surface area contributed by atoms with Crippen LogP contribution in [0.3, 0.4) is 0 Å². The molecule has 0 aliphatic heterocycles. The summed E-state index contributed by atoms with van der Waals surface area (Å²) >= 11 is 0. The Bertz CT molecular complexity index is 484. The van der Waals surface area contributed by atoms with Crippen molar-refractivity contribution in [3.63, 3.8) is 0 Å². The molecule has 4 nitrogen and oxygen atoms in total. The molecule has 0 radical (unpaired) electrons. The van der Waals surface area contributed by atoms with Gasteiger partial charge >= 0.3 is 0 Å². The molecule has 0 heterocycles. The van der Waals surface area contributed by atoms with E-state index in [1.807, 2.05) is 0 Å². The van der Waals surface area contributed by atoms with Gasteiger partial charge in [-0.3, -0.25) is 0 Å². The van der Waals surface area contributed by atoms with Crippen LogP contribution in [0, 0.1) is 17.2 Å². The fourth-order valence-electron chi connectivity index (χ4n) is 1.69. The van der Waals surface area contributed by atoms with Gasteiger partial charge < -0.3 is 16.3 Å². The molecule has 5 heteroatoms. The van der Waals surface area contributed by atoms with Crippen LogP contribution >= 0.6 is 0 Å². The van der Waals surface area contributed by atoms with E-state index >= 15 is 0 Å². The van der Waals surface area contributed by atoms with Gasteiger partial charge in [-0.05, 0) is 35.1 Å². The van der Waals surface area contributed by atoms with E-state index in [-0.39, 0.29) is 11.3 Å². The van der Waals surface area contributed by atoms with Crippen molar-refractivity contribution in [1.29, 1.82) is 0 Å². The Morgan fingerprint density at radius 2 is 2.05 bits per heavy atom. The Morgan fingerprint density at radius 1 is 1.40 bits per heavy atom. The average molecular weight is 281 g/mol. The smallest absolute Gasteiger partial charge is 0.170 e. The first-order valence-corrected chi connectivity index (χ1v) is 6.74. The fourth-order valence-corrected chi connectivity index (χ4v) is 1.69. The molecular formula is C15H24FN3O. The van der Waals surface area contributed by atoms with Crippen LogP contribution in [0.4, 0.5) is 4.39 Å². The van der Waals surface area contributed by atoms with Crippen LogP contribution < -0.4 is 11.1 Å². The van der Waals surface area contributed by atoms with Crippen molar-refractivity contribution in [2.24, 2.45) is 22.2 Å². The van der Waals surface area contributed by atoms with Crippen LogP contribution in [0.1, 0.15) is 38.8 Å². The number of amidine groups is 1. The molecule has 0 unspecified atom stereocenters. The van der Waals surface area contributed by atoms with Crippen LogP contribution in [-0.2, 0) is 6.54 Å². The van der Waals surface area contributed by atoms with Gasteiger partial charge in [-0.1, -0.05) is 32.9 Å². The second-order valence-corrected chi connectivity index (χ2v) is 6.08. The SMILES string of the molecule is CC(C)C(C)(C)CNCc1cc(F)cc(/C(N)=N/O)c1. The van der Waals surface area contributed by atoms with Crippen molar-refractivity contribution < 1.29 is 9.60 Å². The molecular weight excluding hydrogens is 257 g/mol. The third-order valence-corrected chi connectivity index (χ3v) is 3.83. The number of nitrogens with one attached hydrogen (secondary N) is 1. The number of hydrogen-bond acceptors (Lipinski definition) is 3. The Balaban J connectivity index is 2.72. The highest BCUT2D eigenvalue weighted by molar-refractivity contribution is 5.97. The lowest BCUT2D eigenvalue weighted by Crippen LogP contribution is -2.33. The molecule has 0 spiro atoms. The number of hydrogen-bond donors (Lipinski definition) is 3. The fraction of sp³-hybridized carbons (Fsp3) is 0.533. The standard InChI is InChI=1S/C15H24FN3O/c1-10(2)15(3,4)9-18-8-11-5-12(14(17)19-20)7-13(16)6-11/h5-7,10,18,20H,8-9H2,1-4H3,(H2,17,19). The second-order valence-electron chi connectivity index (χ2n) is 6.08. The largest absolute Gasteiger partial charge is 0.409 e. The highest BCUT2D eigenvalue weighted by Crippen LogP contribution is 2.24. The van der Waals surface area contributed by atoms with Crippen LogP contribution in [0.15, 0.2) is 23.4 Å². The van der Waals surface area contributed by atoms with Crippen molar-refractivity contribution in [2.45, 2.75) is 34.2 Å². The average Bonchev–Trinajstić information content (AvgIpc) is 2.36. The third kappa shape index (κ3) is 4.49. The van der Waals surface area contributed by atoms with Gasteiger partial charge in [0.05, 0.1) is 0 Å². The first-order valence-electron chi connectivity index (χ1n) is 6.74. The molecule has 0 saturated carbocycles. The van der Waals surface area contributed by atoms with E-state index in [1.165, 1.54) is 12.1 Å². The van der Waals surface area contributed by atoms with Gasteiger partial charge in [-0.25, -0.2) is 4.39 Å². The van der Waals surface area contributed by atoms with Gasteiger partial charge in [-0.15, -0.1) is 0 Å². The van der Waals surface area contributed by atoms with Crippen molar-refractivity contribution in [3.8, 4) is 0 Å². The maximum atomic E-state index is 13.5. The number of nitrogens with two attached hydrogens (primary N) is 1. The zero-order valence-corrected chi connectivity index (χ0v) is 12.6. The van der Waals surface area contributed by atoms with E-state index in [0.717, 1.165) is 12.1 Å². The summed E-state index contributed by atoms with van der Waals surface area (Å²) in [6.45, 7) is 10.1. The number of rotatable bonds is 6. The zero-order valence-electron chi connectivity index (χ0n) is 12.6. The van der Waals surface area contributed by atoms with Gasteiger partial charge in [0.2, 0.25) is 0 Å². The van der Waals surface area contributed by atoms with E-state index in [9.17, 15) is 4.39 Å². The van der Waals surface area contributed by atoms with Gasteiger partial charge in [0.15, 0.2) is 5.84 Å². The van der Waals surface area contributed by atoms with E-state index in [0.29, 0.717) is 18.0 Å². The van der Waals surface area contributed by atoms with Gasteiger partial charge in [0, 0.05) is 18.7 Å². The van der Waals surface area contributed by atoms with Crippen LogP contribution in [0.5, 0.6) is 0 Å². The molecule has 0 aromatic heterocycles. The Hall–Kier alpha value is -1.62. The van der Waals surface area contributed by atoms with Gasteiger partial charge in [-0.2, -0.15) is 0 Å². The summed E-state index contributed by atoms with van der Waals surface area (Å²) < 4.78 is 13.5. The summed E-state index contributed by atoms with van der Waals surface area (Å²) in [6, 6.07) is 4.41. The van der Waals surface area contributed by atoms with Crippen molar-refractivity contribution in [3.05, 3.63) is 35.1 Å². The topological polar surface area (TPSA) is 70.6 Å². The molecule has 112 valence electrons. The zero-order chi connectivity index (χ0) is 15.3. The lowest BCUT2D eigenvalue weighted by Gasteiger charge is -2.29. The van der Waals surface area contributed by atoms with Crippen molar-refractivity contribution in [1.82, 2.24) is 5.32 Å². The third-order valence-electron chi connectivity index (χ3n) is 3.83. The Morgan fingerprint density at radius 3 is 2.60 bits per heavy atom. The lowest BCUT2D eigenvalue weighted by molar-refractivity contribution is 0.238.